The number of nitrogens with zero attached hydrogens (tertiary/aromatic N) is 1. The topological polar surface area (TPSA) is 45.0 Å². The van der Waals surface area contributed by atoms with Crippen LogP contribution in [0.15, 0.2) is 24.3 Å². The van der Waals surface area contributed by atoms with Crippen LogP contribution >= 0.6 is 0 Å². The molecule has 6 heteroatoms. The average Bonchev–Trinajstić information content (AvgIpc) is 2.29. The molecule has 0 amide bonds. The third kappa shape index (κ3) is 4.73. The molecule has 1 atom stereocenters. The molecule has 0 heterocycles. The Labute approximate surface area is 103 Å². The number of nitriles is 1. The van der Waals surface area contributed by atoms with Crippen LogP contribution in [0.1, 0.15) is 17.2 Å². The first-order valence-electron chi connectivity index (χ1n) is 5.24. The van der Waals surface area contributed by atoms with Crippen LogP contribution in [0, 0.1) is 11.3 Å². The summed E-state index contributed by atoms with van der Waals surface area (Å²) in [6.45, 7) is -0.842. The van der Waals surface area contributed by atoms with Crippen molar-refractivity contribution in [2.75, 3.05) is 13.7 Å². The predicted molar refractivity (Wildman–Crippen MR) is 59.6 cm³/mol. The molecule has 0 saturated carbocycles. The largest absolute Gasteiger partial charge is 0.401 e. The van der Waals surface area contributed by atoms with Gasteiger partial charge < -0.3 is 4.74 Å². The van der Waals surface area contributed by atoms with E-state index in [0.717, 1.165) is 5.56 Å². The van der Waals surface area contributed by atoms with E-state index in [2.05, 4.69) is 5.32 Å². The van der Waals surface area contributed by atoms with Gasteiger partial charge in [0.2, 0.25) is 0 Å². The summed E-state index contributed by atoms with van der Waals surface area (Å²) in [5, 5.41) is 11.1. The molecule has 1 N–H and O–H groups in total. The number of alkyl halides is 3. The van der Waals surface area contributed by atoms with Crippen molar-refractivity contribution in [3.63, 3.8) is 0 Å². The van der Waals surface area contributed by atoms with E-state index in [1.807, 2.05) is 6.07 Å². The molecule has 1 aromatic rings. The van der Waals surface area contributed by atoms with E-state index in [0.29, 0.717) is 12.2 Å². The van der Waals surface area contributed by atoms with E-state index in [9.17, 15) is 13.2 Å². The van der Waals surface area contributed by atoms with Crippen molar-refractivity contribution in [3.05, 3.63) is 35.4 Å². The number of nitrogens with one attached hydrogen (secondary N) is 1. The highest BCUT2D eigenvalue weighted by molar-refractivity contribution is 5.29. The van der Waals surface area contributed by atoms with Gasteiger partial charge in [0.1, 0.15) is 6.04 Å². The highest BCUT2D eigenvalue weighted by atomic mass is 19.4. The molecule has 1 aromatic carbocycles. The number of halogens is 3. The highest BCUT2D eigenvalue weighted by Crippen LogP contribution is 2.18. The van der Waals surface area contributed by atoms with Gasteiger partial charge in [-0.1, -0.05) is 24.3 Å². The third-order valence-corrected chi connectivity index (χ3v) is 2.23. The molecule has 18 heavy (non-hydrogen) atoms. The first kappa shape index (κ1) is 14.5. The molecule has 0 aliphatic rings. The molecular weight excluding hydrogens is 245 g/mol. The standard InChI is InChI=1S/C12H13F3N2O/c1-18-7-9-3-2-4-10(5-9)11(6-16)17-8-12(13,14)15/h2-5,11,17H,7-8H2,1H3. The highest BCUT2D eigenvalue weighted by Gasteiger charge is 2.28. The minimum absolute atomic E-state index is 0.352. The molecule has 0 aliphatic carbocycles. The SMILES string of the molecule is COCc1cccc(C(C#N)NCC(F)(F)F)c1. The van der Waals surface area contributed by atoms with Crippen molar-refractivity contribution in [1.29, 1.82) is 5.26 Å². The minimum Gasteiger partial charge on any atom is -0.380 e. The number of ether oxygens (including phenoxy) is 1. The van der Waals surface area contributed by atoms with Crippen molar-refractivity contribution < 1.29 is 17.9 Å². The lowest BCUT2D eigenvalue weighted by atomic mass is 10.1. The summed E-state index contributed by atoms with van der Waals surface area (Å²) in [5.74, 6) is 0. The van der Waals surface area contributed by atoms with E-state index < -0.39 is 18.8 Å². The number of methoxy groups -OCH3 is 1. The van der Waals surface area contributed by atoms with E-state index in [1.54, 1.807) is 24.3 Å². The molecule has 0 bridgehead atoms. The first-order chi connectivity index (χ1) is 8.46. The third-order valence-electron chi connectivity index (χ3n) is 2.23. The van der Waals surface area contributed by atoms with Crippen molar-refractivity contribution in [2.45, 2.75) is 18.8 Å². The van der Waals surface area contributed by atoms with Crippen LogP contribution in [0.2, 0.25) is 0 Å². The summed E-state index contributed by atoms with van der Waals surface area (Å²) < 4.78 is 41.2. The Morgan fingerprint density at radius 3 is 2.72 bits per heavy atom. The quantitative estimate of drug-likeness (QED) is 0.882. The summed E-state index contributed by atoms with van der Waals surface area (Å²) in [5.41, 5.74) is 1.31. The summed E-state index contributed by atoms with van der Waals surface area (Å²) in [7, 11) is 1.52. The van der Waals surface area contributed by atoms with Gasteiger partial charge in [-0.15, -0.1) is 0 Å². The van der Waals surface area contributed by atoms with Gasteiger partial charge in [0.15, 0.2) is 0 Å². The molecular formula is C12H13F3N2O. The maximum atomic E-state index is 12.1. The van der Waals surface area contributed by atoms with Crippen molar-refractivity contribution >= 4 is 0 Å². The van der Waals surface area contributed by atoms with Gasteiger partial charge >= 0.3 is 6.18 Å². The second kappa shape index (κ2) is 6.38. The Morgan fingerprint density at radius 1 is 1.44 bits per heavy atom. The summed E-state index contributed by atoms with van der Waals surface area (Å²) in [6, 6.07) is 7.55. The lowest BCUT2D eigenvalue weighted by Crippen LogP contribution is -2.31. The minimum atomic E-state index is -4.33. The van der Waals surface area contributed by atoms with Crippen LogP contribution in [0.25, 0.3) is 0 Å². The fourth-order valence-corrected chi connectivity index (χ4v) is 1.48. The molecule has 0 saturated heterocycles. The normalized spacial score (nSPS) is 13.1. The smallest absolute Gasteiger partial charge is 0.380 e. The Bertz CT molecular complexity index is 426. The zero-order chi connectivity index (χ0) is 13.6. The second-order valence-electron chi connectivity index (χ2n) is 3.74. The van der Waals surface area contributed by atoms with Gasteiger partial charge in [-0.2, -0.15) is 18.4 Å². The Morgan fingerprint density at radius 2 is 2.17 bits per heavy atom. The molecule has 0 spiro atoms. The zero-order valence-electron chi connectivity index (χ0n) is 9.79. The maximum absolute atomic E-state index is 12.1. The van der Waals surface area contributed by atoms with Gasteiger partial charge in [-0.05, 0) is 11.1 Å². The Balaban J connectivity index is 2.76. The van der Waals surface area contributed by atoms with Gasteiger partial charge in [0.05, 0.1) is 19.2 Å². The molecule has 0 fully saturated rings. The van der Waals surface area contributed by atoms with Crippen LogP contribution in [0.3, 0.4) is 0 Å². The van der Waals surface area contributed by atoms with Crippen LogP contribution in [0.5, 0.6) is 0 Å². The fourth-order valence-electron chi connectivity index (χ4n) is 1.48. The average molecular weight is 258 g/mol. The Kier molecular flexibility index (Phi) is 5.13. The summed E-state index contributed by atoms with van der Waals surface area (Å²) in [6.07, 6.45) is -4.33. The van der Waals surface area contributed by atoms with Crippen molar-refractivity contribution in [2.24, 2.45) is 0 Å². The number of hydrogen-bond donors (Lipinski definition) is 1. The van der Waals surface area contributed by atoms with E-state index in [4.69, 9.17) is 10.00 Å². The van der Waals surface area contributed by atoms with Gasteiger partial charge in [0.25, 0.3) is 0 Å². The second-order valence-corrected chi connectivity index (χ2v) is 3.74. The monoisotopic (exact) mass is 258 g/mol. The van der Waals surface area contributed by atoms with Crippen molar-refractivity contribution in [3.8, 4) is 6.07 Å². The summed E-state index contributed by atoms with van der Waals surface area (Å²) >= 11 is 0. The van der Waals surface area contributed by atoms with Crippen LogP contribution < -0.4 is 5.32 Å². The number of hydrogen-bond acceptors (Lipinski definition) is 3. The number of rotatable bonds is 5. The molecule has 98 valence electrons. The lowest BCUT2D eigenvalue weighted by Gasteiger charge is -2.14. The van der Waals surface area contributed by atoms with E-state index in [-0.39, 0.29) is 0 Å². The lowest BCUT2D eigenvalue weighted by molar-refractivity contribution is -0.125. The van der Waals surface area contributed by atoms with Gasteiger partial charge in [-0.3, -0.25) is 5.32 Å². The van der Waals surface area contributed by atoms with Crippen LogP contribution in [-0.2, 0) is 11.3 Å². The summed E-state index contributed by atoms with van der Waals surface area (Å²) in [4.78, 5) is 0. The molecule has 3 nitrogen and oxygen atoms in total. The zero-order valence-corrected chi connectivity index (χ0v) is 9.79. The van der Waals surface area contributed by atoms with Gasteiger partial charge in [-0.25, -0.2) is 0 Å². The molecule has 0 radical (unpaired) electrons. The molecule has 0 aromatic heterocycles. The predicted octanol–water partition coefficient (Wildman–Crippen LogP) is 2.55. The fraction of sp³-hybridized carbons (Fsp3) is 0.417. The van der Waals surface area contributed by atoms with Crippen molar-refractivity contribution in [1.82, 2.24) is 5.32 Å². The van der Waals surface area contributed by atoms with E-state index in [1.165, 1.54) is 7.11 Å². The van der Waals surface area contributed by atoms with E-state index >= 15 is 0 Å². The maximum Gasteiger partial charge on any atom is 0.401 e. The van der Waals surface area contributed by atoms with Crippen LogP contribution in [0.4, 0.5) is 13.2 Å². The Hall–Kier alpha value is -1.58. The number of benzene rings is 1. The molecule has 0 aliphatic heterocycles. The van der Waals surface area contributed by atoms with Gasteiger partial charge in [0, 0.05) is 7.11 Å². The van der Waals surface area contributed by atoms with Crippen LogP contribution in [-0.4, -0.2) is 19.8 Å². The first-order valence-corrected chi connectivity index (χ1v) is 5.24. The molecule has 1 rings (SSSR count). The molecule has 1 unspecified atom stereocenters.